The number of nitrogens with one attached hydrogen (secondary N) is 1. The van der Waals surface area contributed by atoms with Crippen LogP contribution in [0.5, 0.6) is 5.75 Å². The molecule has 0 bridgehead atoms. The summed E-state index contributed by atoms with van der Waals surface area (Å²) in [6, 6.07) is 6.12. The van der Waals surface area contributed by atoms with Gasteiger partial charge in [0.2, 0.25) is 0 Å². The van der Waals surface area contributed by atoms with Gasteiger partial charge in [-0.2, -0.15) is 0 Å². The van der Waals surface area contributed by atoms with Crippen molar-refractivity contribution in [1.29, 1.82) is 0 Å². The van der Waals surface area contributed by atoms with Gasteiger partial charge in [-0.1, -0.05) is 38.4 Å². The van der Waals surface area contributed by atoms with Crippen molar-refractivity contribution in [1.82, 2.24) is 5.32 Å². The number of hydrogen-bond acceptors (Lipinski definition) is 3. The predicted octanol–water partition coefficient (Wildman–Crippen LogP) is 4.45. The molecular formula is C17H28ClNO2. The highest BCUT2D eigenvalue weighted by Gasteiger charge is 2.09. The number of benzene rings is 1. The highest BCUT2D eigenvalue weighted by atomic mass is 35.5. The first kappa shape index (κ1) is 18.3. The standard InChI is InChI=1S/C17H28ClNO2/c1-5-8-19-14(4)16-7-6-15(11-17(16)18)21-10-9-20-12-13(2)3/h6-7,11,13-14,19H,5,8-10,12H2,1-4H3. The topological polar surface area (TPSA) is 30.5 Å². The number of rotatable bonds is 10. The molecule has 0 saturated heterocycles. The van der Waals surface area contributed by atoms with Crippen molar-refractivity contribution in [3.63, 3.8) is 0 Å². The van der Waals surface area contributed by atoms with E-state index >= 15 is 0 Å². The van der Waals surface area contributed by atoms with E-state index in [0.717, 1.165) is 35.9 Å². The Labute approximate surface area is 134 Å². The maximum atomic E-state index is 6.33. The van der Waals surface area contributed by atoms with E-state index in [-0.39, 0.29) is 6.04 Å². The summed E-state index contributed by atoms with van der Waals surface area (Å²) < 4.78 is 11.1. The van der Waals surface area contributed by atoms with Crippen molar-refractivity contribution in [2.45, 2.75) is 40.2 Å². The molecule has 1 aromatic rings. The highest BCUT2D eigenvalue weighted by molar-refractivity contribution is 6.31. The van der Waals surface area contributed by atoms with Gasteiger partial charge in [-0.15, -0.1) is 0 Å². The van der Waals surface area contributed by atoms with Gasteiger partial charge >= 0.3 is 0 Å². The molecular weight excluding hydrogens is 286 g/mol. The van der Waals surface area contributed by atoms with Crippen LogP contribution in [-0.4, -0.2) is 26.4 Å². The molecule has 3 nitrogen and oxygen atoms in total. The smallest absolute Gasteiger partial charge is 0.120 e. The number of ether oxygens (including phenoxy) is 2. The van der Waals surface area contributed by atoms with Crippen LogP contribution in [0.15, 0.2) is 18.2 Å². The summed E-state index contributed by atoms with van der Waals surface area (Å²) in [6.07, 6.45) is 1.11. The van der Waals surface area contributed by atoms with E-state index < -0.39 is 0 Å². The van der Waals surface area contributed by atoms with E-state index in [4.69, 9.17) is 21.1 Å². The van der Waals surface area contributed by atoms with Crippen LogP contribution < -0.4 is 10.1 Å². The van der Waals surface area contributed by atoms with Crippen molar-refractivity contribution in [2.75, 3.05) is 26.4 Å². The molecule has 0 fully saturated rings. The summed E-state index contributed by atoms with van der Waals surface area (Å²) in [5.74, 6) is 1.34. The van der Waals surface area contributed by atoms with Gasteiger partial charge in [-0.05, 0) is 43.5 Å². The second kappa shape index (κ2) is 10.0. The minimum Gasteiger partial charge on any atom is -0.491 e. The Morgan fingerprint density at radius 1 is 1.19 bits per heavy atom. The van der Waals surface area contributed by atoms with Crippen molar-refractivity contribution in [3.05, 3.63) is 28.8 Å². The van der Waals surface area contributed by atoms with Gasteiger partial charge in [-0.3, -0.25) is 0 Å². The quantitative estimate of drug-likeness (QED) is 0.647. The first-order valence-corrected chi connectivity index (χ1v) is 8.15. The van der Waals surface area contributed by atoms with E-state index in [0.29, 0.717) is 19.1 Å². The minimum atomic E-state index is 0.251. The second-order valence-electron chi connectivity index (χ2n) is 5.68. The Morgan fingerprint density at radius 3 is 2.57 bits per heavy atom. The normalized spacial score (nSPS) is 12.7. The van der Waals surface area contributed by atoms with Crippen molar-refractivity contribution in [3.8, 4) is 5.75 Å². The first-order chi connectivity index (χ1) is 10.0. The molecule has 0 aliphatic rings. The third-order valence-electron chi connectivity index (χ3n) is 3.09. The van der Waals surface area contributed by atoms with Gasteiger partial charge in [0.1, 0.15) is 12.4 Å². The zero-order valence-corrected chi connectivity index (χ0v) is 14.4. The fourth-order valence-electron chi connectivity index (χ4n) is 1.96. The molecule has 1 unspecified atom stereocenters. The third-order valence-corrected chi connectivity index (χ3v) is 3.41. The molecule has 0 aromatic heterocycles. The van der Waals surface area contributed by atoms with Crippen LogP contribution in [0.1, 0.15) is 45.7 Å². The van der Waals surface area contributed by atoms with Crippen LogP contribution in [0.25, 0.3) is 0 Å². The molecule has 0 spiro atoms. The Morgan fingerprint density at radius 2 is 1.95 bits per heavy atom. The average molecular weight is 314 g/mol. The van der Waals surface area contributed by atoms with Crippen LogP contribution in [-0.2, 0) is 4.74 Å². The molecule has 1 aromatic carbocycles. The fraction of sp³-hybridized carbons (Fsp3) is 0.647. The van der Waals surface area contributed by atoms with Gasteiger partial charge in [0.15, 0.2) is 0 Å². The Bertz CT molecular complexity index is 410. The van der Waals surface area contributed by atoms with Crippen molar-refractivity contribution >= 4 is 11.6 Å². The zero-order valence-electron chi connectivity index (χ0n) is 13.6. The molecule has 21 heavy (non-hydrogen) atoms. The molecule has 0 aliphatic heterocycles. The monoisotopic (exact) mass is 313 g/mol. The molecule has 1 rings (SSSR count). The minimum absolute atomic E-state index is 0.251. The average Bonchev–Trinajstić information content (AvgIpc) is 2.44. The largest absolute Gasteiger partial charge is 0.491 e. The van der Waals surface area contributed by atoms with Gasteiger partial charge in [-0.25, -0.2) is 0 Å². The first-order valence-electron chi connectivity index (χ1n) is 7.78. The molecule has 0 amide bonds. The lowest BCUT2D eigenvalue weighted by Crippen LogP contribution is -2.19. The molecule has 0 saturated carbocycles. The van der Waals surface area contributed by atoms with Crippen LogP contribution in [0, 0.1) is 5.92 Å². The zero-order chi connectivity index (χ0) is 15.7. The third kappa shape index (κ3) is 7.16. The molecule has 0 aliphatic carbocycles. The summed E-state index contributed by atoms with van der Waals surface area (Å²) in [4.78, 5) is 0. The van der Waals surface area contributed by atoms with Gasteiger partial charge in [0.25, 0.3) is 0 Å². The SMILES string of the molecule is CCCNC(C)c1ccc(OCCOCC(C)C)cc1Cl. The molecule has 1 N–H and O–H groups in total. The van der Waals surface area contributed by atoms with Crippen molar-refractivity contribution < 1.29 is 9.47 Å². The summed E-state index contributed by atoms with van der Waals surface area (Å²) >= 11 is 6.33. The van der Waals surface area contributed by atoms with E-state index in [1.807, 2.05) is 18.2 Å². The Hall–Kier alpha value is -0.770. The van der Waals surface area contributed by atoms with Crippen LogP contribution in [0.4, 0.5) is 0 Å². The molecule has 1 atom stereocenters. The van der Waals surface area contributed by atoms with Gasteiger partial charge in [0, 0.05) is 17.7 Å². The van der Waals surface area contributed by atoms with Crippen LogP contribution in [0.2, 0.25) is 5.02 Å². The Balaban J connectivity index is 2.42. The van der Waals surface area contributed by atoms with E-state index in [2.05, 4.69) is 33.0 Å². The molecule has 4 heteroatoms. The van der Waals surface area contributed by atoms with Crippen molar-refractivity contribution in [2.24, 2.45) is 5.92 Å². The summed E-state index contributed by atoms with van der Waals surface area (Å²) in [5.41, 5.74) is 1.11. The number of hydrogen-bond donors (Lipinski definition) is 1. The van der Waals surface area contributed by atoms with E-state index in [1.165, 1.54) is 0 Å². The number of halogens is 1. The maximum Gasteiger partial charge on any atom is 0.120 e. The van der Waals surface area contributed by atoms with Gasteiger partial charge < -0.3 is 14.8 Å². The lowest BCUT2D eigenvalue weighted by molar-refractivity contribution is 0.0819. The molecule has 0 heterocycles. The Kier molecular flexibility index (Phi) is 8.74. The summed E-state index contributed by atoms with van der Waals surface area (Å²) in [6.45, 7) is 11.4. The summed E-state index contributed by atoms with van der Waals surface area (Å²) in [5, 5.41) is 4.18. The molecule has 120 valence electrons. The molecule has 0 radical (unpaired) electrons. The lowest BCUT2D eigenvalue weighted by atomic mass is 10.1. The lowest BCUT2D eigenvalue weighted by Gasteiger charge is -2.16. The predicted molar refractivity (Wildman–Crippen MR) is 89.3 cm³/mol. The maximum absolute atomic E-state index is 6.33. The summed E-state index contributed by atoms with van der Waals surface area (Å²) in [7, 11) is 0. The van der Waals surface area contributed by atoms with Crippen LogP contribution >= 0.6 is 11.6 Å². The van der Waals surface area contributed by atoms with Crippen LogP contribution in [0.3, 0.4) is 0 Å². The highest BCUT2D eigenvalue weighted by Crippen LogP contribution is 2.27. The second-order valence-corrected chi connectivity index (χ2v) is 6.08. The van der Waals surface area contributed by atoms with E-state index in [9.17, 15) is 0 Å². The fourth-order valence-corrected chi connectivity index (χ4v) is 2.29. The van der Waals surface area contributed by atoms with E-state index in [1.54, 1.807) is 0 Å². The van der Waals surface area contributed by atoms with Gasteiger partial charge in [0.05, 0.1) is 6.61 Å².